The molecule has 1 amide bonds. The minimum atomic E-state index is -0.897. The minimum absolute atomic E-state index is 0.0456. The molecule has 5 nitrogen and oxygen atoms in total. The van der Waals surface area contributed by atoms with E-state index in [0.29, 0.717) is 12.2 Å². The molecule has 0 bridgehead atoms. The van der Waals surface area contributed by atoms with Crippen molar-refractivity contribution in [3.63, 3.8) is 0 Å². The van der Waals surface area contributed by atoms with Gasteiger partial charge in [0, 0.05) is 18.2 Å². The van der Waals surface area contributed by atoms with Crippen molar-refractivity contribution in [1.82, 2.24) is 5.32 Å². The molecule has 1 atom stereocenters. The number of nitrogens with one attached hydrogen (secondary N) is 1. The zero-order chi connectivity index (χ0) is 25.3. The molecule has 3 aromatic carbocycles. The first-order valence-corrected chi connectivity index (χ1v) is 12.7. The molecule has 2 N–H and O–H groups in total. The number of benzene rings is 3. The van der Waals surface area contributed by atoms with Crippen LogP contribution in [0.25, 0.3) is 0 Å². The average Bonchev–Trinajstić information content (AvgIpc) is 2.83. The van der Waals surface area contributed by atoms with Crippen LogP contribution >= 0.6 is 11.8 Å². The van der Waals surface area contributed by atoms with Gasteiger partial charge in [0.1, 0.15) is 5.60 Å². The van der Waals surface area contributed by atoms with Crippen LogP contribution < -0.4 is 5.32 Å². The molecule has 0 aliphatic carbocycles. The standard InChI is InChI=1S/C29H33NO4S/c1-28(2,3)34-27(33)30-25(19-20-26(31)32)21-35-29(22-13-7-4-8-14-22,23-15-9-5-10-16-23)24-17-11-6-12-18-24/h4-18,25H,19-21H2,1-3H3,(H,30,33)(H,31,32)/t25-/m1/s1. The molecule has 0 unspecified atom stereocenters. The van der Waals surface area contributed by atoms with Gasteiger partial charge in [-0.15, -0.1) is 11.8 Å². The maximum Gasteiger partial charge on any atom is 0.407 e. The Kier molecular flexibility index (Phi) is 8.99. The first-order chi connectivity index (χ1) is 16.7. The topological polar surface area (TPSA) is 75.6 Å². The number of thioether (sulfide) groups is 1. The third-order valence-electron chi connectivity index (χ3n) is 5.47. The summed E-state index contributed by atoms with van der Waals surface area (Å²) in [7, 11) is 0. The number of hydrogen-bond donors (Lipinski definition) is 2. The molecule has 6 heteroatoms. The Morgan fingerprint density at radius 2 is 1.26 bits per heavy atom. The number of ether oxygens (including phenoxy) is 1. The Morgan fingerprint density at radius 1 is 0.829 bits per heavy atom. The predicted octanol–water partition coefficient (Wildman–Crippen LogP) is 6.47. The summed E-state index contributed by atoms with van der Waals surface area (Å²) in [5.74, 6) is -0.406. The number of carbonyl (C=O) groups is 2. The van der Waals surface area contributed by atoms with Crippen molar-refractivity contribution < 1.29 is 19.4 Å². The van der Waals surface area contributed by atoms with Crippen LogP contribution in [0.5, 0.6) is 0 Å². The molecule has 0 aliphatic rings. The lowest BCUT2D eigenvalue weighted by Gasteiger charge is -2.36. The highest BCUT2D eigenvalue weighted by Gasteiger charge is 2.37. The van der Waals surface area contributed by atoms with E-state index in [2.05, 4.69) is 41.7 Å². The van der Waals surface area contributed by atoms with Crippen LogP contribution in [0.3, 0.4) is 0 Å². The number of hydrogen-bond acceptors (Lipinski definition) is 4. The number of carbonyl (C=O) groups excluding carboxylic acids is 1. The second-order valence-electron chi connectivity index (χ2n) is 9.37. The lowest BCUT2D eigenvalue weighted by molar-refractivity contribution is -0.137. The monoisotopic (exact) mass is 491 g/mol. The van der Waals surface area contributed by atoms with Crippen molar-refractivity contribution in [2.45, 2.75) is 50.0 Å². The van der Waals surface area contributed by atoms with Gasteiger partial charge in [-0.3, -0.25) is 4.79 Å². The van der Waals surface area contributed by atoms with Gasteiger partial charge in [0.15, 0.2) is 0 Å². The van der Waals surface area contributed by atoms with E-state index in [0.717, 1.165) is 16.7 Å². The highest BCUT2D eigenvalue weighted by molar-refractivity contribution is 8.00. The fraction of sp³-hybridized carbons (Fsp3) is 0.310. The fourth-order valence-corrected chi connectivity index (χ4v) is 5.57. The Balaban J connectivity index is 2.01. The lowest BCUT2D eigenvalue weighted by Crippen LogP contribution is -2.41. The number of alkyl carbamates (subject to hydrolysis) is 1. The summed E-state index contributed by atoms with van der Waals surface area (Å²) in [5, 5.41) is 12.2. The van der Waals surface area contributed by atoms with Crippen LogP contribution in [0.15, 0.2) is 91.0 Å². The molecular weight excluding hydrogens is 458 g/mol. The summed E-state index contributed by atoms with van der Waals surface area (Å²) < 4.78 is 4.90. The Bertz CT molecular complexity index is 985. The summed E-state index contributed by atoms with van der Waals surface area (Å²) in [6, 6.07) is 30.4. The molecular formula is C29H33NO4S. The molecule has 0 spiro atoms. The summed E-state index contributed by atoms with van der Waals surface area (Å²) in [6.45, 7) is 5.41. The molecule has 35 heavy (non-hydrogen) atoms. The van der Waals surface area contributed by atoms with Crippen molar-refractivity contribution >= 4 is 23.8 Å². The van der Waals surface area contributed by atoms with E-state index in [1.165, 1.54) is 0 Å². The van der Waals surface area contributed by atoms with E-state index >= 15 is 0 Å². The normalized spacial score (nSPS) is 12.5. The third-order valence-corrected chi connectivity index (χ3v) is 7.18. The van der Waals surface area contributed by atoms with E-state index in [4.69, 9.17) is 4.74 Å². The van der Waals surface area contributed by atoms with Crippen LogP contribution in [-0.4, -0.2) is 34.6 Å². The van der Waals surface area contributed by atoms with Crippen LogP contribution in [-0.2, 0) is 14.3 Å². The van der Waals surface area contributed by atoms with Gasteiger partial charge in [0.2, 0.25) is 0 Å². The van der Waals surface area contributed by atoms with Gasteiger partial charge in [0.05, 0.1) is 4.75 Å². The van der Waals surface area contributed by atoms with Crippen molar-refractivity contribution in [3.05, 3.63) is 108 Å². The average molecular weight is 492 g/mol. The largest absolute Gasteiger partial charge is 0.481 e. The summed E-state index contributed by atoms with van der Waals surface area (Å²) >= 11 is 1.68. The smallest absolute Gasteiger partial charge is 0.407 e. The van der Waals surface area contributed by atoms with Crippen molar-refractivity contribution in [1.29, 1.82) is 0 Å². The highest BCUT2D eigenvalue weighted by atomic mass is 32.2. The van der Waals surface area contributed by atoms with Crippen LogP contribution in [0, 0.1) is 0 Å². The number of amides is 1. The van der Waals surface area contributed by atoms with Crippen molar-refractivity contribution in [3.8, 4) is 0 Å². The van der Waals surface area contributed by atoms with Gasteiger partial charge in [-0.25, -0.2) is 4.79 Å². The summed E-state index contributed by atoms with van der Waals surface area (Å²) in [6.07, 6.45) is -0.287. The molecule has 0 saturated heterocycles. The van der Waals surface area contributed by atoms with Crippen LogP contribution in [0.2, 0.25) is 0 Å². The molecule has 0 heterocycles. The maximum absolute atomic E-state index is 12.6. The van der Waals surface area contributed by atoms with Crippen LogP contribution in [0.4, 0.5) is 4.79 Å². The third kappa shape index (κ3) is 7.36. The minimum Gasteiger partial charge on any atom is -0.481 e. The second kappa shape index (κ2) is 11.9. The van der Waals surface area contributed by atoms with Crippen molar-refractivity contribution in [2.24, 2.45) is 0 Å². The molecule has 0 aliphatic heterocycles. The first-order valence-electron chi connectivity index (χ1n) is 11.7. The quantitative estimate of drug-likeness (QED) is 0.318. The maximum atomic E-state index is 12.6. The highest BCUT2D eigenvalue weighted by Crippen LogP contribution is 2.48. The van der Waals surface area contributed by atoms with E-state index in [9.17, 15) is 14.7 Å². The predicted molar refractivity (Wildman–Crippen MR) is 142 cm³/mol. The summed E-state index contributed by atoms with van der Waals surface area (Å²) in [5.41, 5.74) is 2.68. The van der Waals surface area contributed by atoms with Crippen LogP contribution in [0.1, 0.15) is 50.3 Å². The fourth-order valence-electron chi connectivity index (χ4n) is 3.96. The lowest BCUT2D eigenvalue weighted by atomic mass is 9.84. The van der Waals surface area contributed by atoms with Gasteiger partial charge < -0.3 is 15.2 Å². The first kappa shape index (κ1) is 26.4. The number of carboxylic acids is 1. The molecule has 3 aromatic rings. The molecule has 184 valence electrons. The van der Waals surface area contributed by atoms with Crippen molar-refractivity contribution in [2.75, 3.05) is 5.75 Å². The van der Waals surface area contributed by atoms with E-state index in [1.54, 1.807) is 32.5 Å². The number of carboxylic acid groups (broad SMARTS) is 1. The molecule has 3 rings (SSSR count). The molecule has 0 aromatic heterocycles. The zero-order valence-electron chi connectivity index (χ0n) is 20.4. The Hall–Kier alpha value is -3.25. The molecule has 0 radical (unpaired) electrons. The Morgan fingerprint density at radius 3 is 1.63 bits per heavy atom. The number of rotatable bonds is 10. The molecule has 0 fully saturated rings. The Labute approximate surface area is 211 Å². The van der Waals surface area contributed by atoms with E-state index in [-0.39, 0.29) is 12.5 Å². The number of aliphatic carboxylic acids is 1. The van der Waals surface area contributed by atoms with Gasteiger partial charge >= 0.3 is 12.1 Å². The van der Waals surface area contributed by atoms with Gasteiger partial charge in [0.25, 0.3) is 0 Å². The van der Waals surface area contributed by atoms with E-state index < -0.39 is 22.4 Å². The SMILES string of the molecule is CC(C)(C)OC(=O)N[C@H](CCC(=O)O)CSC(c1ccccc1)(c1ccccc1)c1ccccc1. The van der Waals surface area contributed by atoms with Gasteiger partial charge in [-0.2, -0.15) is 0 Å². The molecule has 0 saturated carbocycles. The van der Waals surface area contributed by atoms with Gasteiger partial charge in [-0.1, -0.05) is 91.0 Å². The summed E-state index contributed by atoms with van der Waals surface area (Å²) in [4.78, 5) is 23.9. The second-order valence-corrected chi connectivity index (χ2v) is 10.6. The zero-order valence-corrected chi connectivity index (χ0v) is 21.3. The van der Waals surface area contributed by atoms with E-state index in [1.807, 2.05) is 54.6 Å². The van der Waals surface area contributed by atoms with Gasteiger partial charge in [-0.05, 0) is 43.9 Å².